The highest BCUT2D eigenvalue weighted by atomic mass is 35.5. The number of likely N-dealkylation sites (N-methyl/N-ethyl adjacent to an activating group) is 1. The number of likely N-dealkylation sites (tertiary alicyclic amines) is 1. The lowest BCUT2D eigenvalue weighted by Gasteiger charge is -2.43. The van der Waals surface area contributed by atoms with Gasteiger partial charge in [0.2, 0.25) is 5.91 Å². The molecule has 1 aliphatic rings. The smallest absolute Gasteiger partial charge is 0.225 e. The van der Waals surface area contributed by atoms with Crippen molar-refractivity contribution in [3.63, 3.8) is 0 Å². The third-order valence-electron chi connectivity index (χ3n) is 3.58. The third kappa shape index (κ3) is 3.64. The summed E-state index contributed by atoms with van der Waals surface area (Å²) >= 11 is 11.8. The van der Waals surface area contributed by atoms with E-state index in [-0.39, 0.29) is 12.3 Å². The topological polar surface area (TPSA) is 43.8 Å². The fraction of sp³-hybridized carbons (Fsp3) is 0.500. The molecule has 1 aliphatic heterocycles. The molecule has 0 aliphatic carbocycles. The molecule has 0 spiro atoms. The van der Waals surface area contributed by atoms with Crippen molar-refractivity contribution in [2.45, 2.75) is 18.6 Å². The average Bonchev–Trinajstić information content (AvgIpc) is 2.24. The van der Waals surface area contributed by atoms with Gasteiger partial charge in [0.15, 0.2) is 0 Å². The number of halogens is 2. The maximum atomic E-state index is 12.0. The van der Waals surface area contributed by atoms with Gasteiger partial charge in [0, 0.05) is 29.2 Å². The van der Waals surface area contributed by atoms with E-state index < -0.39 is 6.10 Å². The molecule has 1 aromatic carbocycles. The number of hydrogen-bond donors (Lipinski definition) is 1. The van der Waals surface area contributed by atoms with Crippen molar-refractivity contribution in [2.75, 3.05) is 27.2 Å². The molecule has 0 saturated carbocycles. The Kier molecular flexibility index (Phi) is 4.91. The summed E-state index contributed by atoms with van der Waals surface area (Å²) in [6.45, 7) is 1.43. The minimum absolute atomic E-state index is 0.0494. The molecule has 1 N–H and O–H groups in total. The fourth-order valence-corrected chi connectivity index (χ4v) is 2.71. The SMILES string of the molecule is CN(C)C1CN(C(=O)CC(O)c2cc(Cl)cc(Cl)c2)C1. The van der Waals surface area contributed by atoms with Crippen LogP contribution in [0.4, 0.5) is 0 Å². The minimum Gasteiger partial charge on any atom is -0.388 e. The van der Waals surface area contributed by atoms with Crippen LogP contribution >= 0.6 is 23.2 Å². The molecular weight excluding hydrogens is 299 g/mol. The molecule has 110 valence electrons. The number of rotatable bonds is 4. The van der Waals surface area contributed by atoms with Crippen molar-refractivity contribution in [3.8, 4) is 0 Å². The van der Waals surface area contributed by atoms with Crippen LogP contribution in [0.15, 0.2) is 18.2 Å². The Morgan fingerprint density at radius 3 is 2.40 bits per heavy atom. The Labute approximate surface area is 128 Å². The summed E-state index contributed by atoms with van der Waals surface area (Å²) in [4.78, 5) is 15.9. The van der Waals surface area contributed by atoms with E-state index in [0.29, 0.717) is 21.7 Å². The van der Waals surface area contributed by atoms with E-state index in [2.05, 4.69) is 4.90 Å². The Morgan fingerprint density at radius 2 is 1.90 bits per heavy atom. The highest BCUT2D eigenvalue weighted by Gasteiger charge is 2.32. The predicted molar refractivity (Wildman–Crippen MR) is 80.1 cm³/mol. The second-order valence-corrected chi connectivity index (χ2v) is 6.21. The minimum atomic E-state index is -0.878. The Bertz CT molecular complexity index is 482. The maximum Gasteiger partial charge on any atom is 0.225 e. The summed E-state index contributed by atoms with van der Waals surface area (Å²) < 4.78 is 0. The van der Waals surface area contributed by atoms with Crippen LogP contribution in [0.3, 0.4) is 0 Å². The zero-order valence-electron chi connectivity index (χ0n) is 11.5. The quantitative estimate of drug-likeness (QED) is 0.926. The molecule has 1 saturated heterocycles. The first kappa shape index (κ1) is 15.6. The number of carbonyl (C=O) groups is 1. The van der Waals surface area contributed by atoms with Crippen molar-refractivity contribution < 1.29 is 9.90 Å². The normalized spacial score (nSPS) is 17.2. The van der Waals surface area contributed by atoms with Gasteiger partial charge >= 0.3 is 0 Å². The van der Waals surface area contributed by atoms with Gasteiger partial charge in [0.25, 0.3) is 0 Å². The average molecular weight is 317 g/mol. The molecule has 1 unspecified atom stereocenters. The van der Waals surface area contributed by atoms with Gasteiger partial charge in [0.05, 0.1) is 12.5 Å². The van der Waals surface area contributed by atoms with Crippen molar-refractivity contribution in [1.29, 1.82) is 0 Å². The molecule has 0 aromatic heterocycles. The monoisotopic (exact) mass is 316 g/mol. The highest BCUT2D eigenvalue weighted by Crippen LogP contribution is 2.26. The van der Waals surface area contributed by atoms with E-state index in [9.17, 15) is 9.90 Å². The fourth-order valence-electron chi connectivity index (χ4n) is 2.17. The number of carbonyl (C=O) groups excluding carboxylic acids is 1. The maximum absolute atomic E-state index is 12.0. The van der Waals surface area contributed by atoms with E-state index in [1.165, 1.54) is 0 Å². The number of aliphatic hydroxyl groups is 1. The van der Waals surface area contributed by atoms with Crippen LogP contribution in [-0.4, -0.2) is 54.0 Å². The summed E-state index contributed by atoms with van der Waals surface area (Å²) in [5.41, 5.74) is 0.570. The van der Waals surface area contributed by atoms with Gasteiger partial charge in [-0.25, -0.2) is 0 Å². The van der Waals surface area contributed by atoms with Crippen LogP contribution in [0.25, 0.3) is 0 Å². The zero-order valence-corrected chi connectivity index (χ0v) is 13.0. The predicted octanol–water partition coefficient (Wildman–Crippen LogP) is 2.19. The van der Waals surface area contributed by atoms with Gasteiger partial charge in [-0.05, 0) is 37.9 Å². The zero-order chi connectivity index (χ0) is 14.9. The van der Waals surface area contributed by atoms with Crippen LogP contribution in [0.1, 0.15) is 18.1 Å². The Morgan fingerprint density at radius 1 is 1.35 bits per heavy atom. The summed E-state index contributed by atoms with van der Waals surface area (Å²) in [7, 11) is 3.99. The molecule has 4 nitrogen and oxygen atoms in total. The molecule has 2 rings (SSSR count). The van der Waals surface area contributed by atoms with E-state index in [0.717, 1.165) is 13.1 Å². The Hall–Kier alpha value is -0.810. The number of amides is 1. The van der Waals surface area contributed by atoms with Gasteiger partial charge in [-0.3, -0.25) is 4.79 Å². The molecule has 1 fully saturated rings. The lowest BCUT2D eigenvalue weighted by atomic mass is 10.0. The van der Waals surface area contributed by atoms with Gasteiger partial charge in [-0.15, -0.1) is 0 Å². The summed E-state index contributed by atoms with van der Waals surface area (Å²) in [6, 6.07) is 5.27. The molecule has 20 heavy (non-hydrogen) atoms. The molecule has 1 amide bonds. The highest BCUT2D eigenvalue weighted by molar-refractivity contribution is 6.34. The number of aliphatic hydroxyl groups excluding tert-OH is 1. The van der Waals surface area contributed by atoms with E-state index in [4.69, 9.17) is 23.2 Å². The summed E-state index contributed by atoms with van der Waals surface area (Å²) in [5.74, 6) is -0.0494. The standard InChI is InChI=1S/C14H18Cl2N2O2/c1-17(2)12-7-18(8-12)14(20)6-13(19)9-3-10(15)5-11(16)4-9/h3-5,12-13,19H,6-8H2,1-2H3. The molecular formula is C14H18Cl2N2O2. The van der Waals surface area contributed by atoms with Crippen molar-refractivity contribution >= 4 is 29.1 Å². The first-order valence-electron chi connectivity index (χ1n) is 6.45. The molecule has 1 heterocycles. The second kappa shape index (κ2) is 6.31. The van der Waals surface area contributed by atoms with E-state index in [1.807, 2.05) is 14.1 Å². The molecule has 6 heteroatoms. The first-order valence-corrected chi connectivity index (χ1v) is 7.20. The van der Waals surface area contributed by atoms with Crippen LogP contribution < -0.4 is 0 Å². The van der Waals surface area contributed by atoms with Crippen LogP contribution in [0.2, 0.25) is 10.0 Å². The largest absolute Gasteiger partial charge is 0.388 e. The third-order valence-corrected chi connectivity index (χ3v) is 4.02. The number of nitrogens with zero attached hydrogens (tertiary/aromatic N) is 2. The second-order valence-electron chi connectivity index (χ2n) is 5.34. The van der Waals surface area contributed by atoms with Gasteiger partial charge in [-0.1, -0.05) is 23.2 Å². The summed E-state index contributed by atoms with van der Waals surface area (Å²) in [5, 5.41) is 11.0. The first-order chi connectivity index (χ1) is 9.36. The Balaban J connectivity index is 1.91. The van der Waals surface area contributed by atoms with Crippen molar-refractivity contribution in [2.24, 2.45) is 0 Å². The molecule has 1 atom stereocenters. The summed E-state index contributed by atoms with van der Waals surface area (Å²) in [6.07, 6.45) is -0.825. The number of hydrogen-bond acceptors (Lipinski definition) is 3. The van der Waals surface area contributed by atoms with Crippen LogP contribution in [-0.2, 0) is 4.79 Å². The van der Waals surface area contributed by atoms with Crippen molar-refractivity contribution in [3.05, 3.63) is 33.8 Å². The van der Waals surface area contributed by atoms with Crippen LogP contribution in [0, 0.1) is 0 Å². The van der Waals surface area contributed by atoms with Gasteiger partial charge < -0.3 is 14.9 Å². The molecule has 0 bridgehead atoms. The van der Waals surface area contributed by atoms with Crippen LogP contribution in [0.5, 0.6) is 0 Å². The van der Waals surface area contributed by atoms with E-state index in [1.54, 1.807) is 23.1 Å². The van der Waals surface area contributed by atoms with Crippen molar-refractivity contribution in [1.82, 2.24) is 9.80 Å². The van der Waals surface area contributed by atoms with Gasteiger partial charge in [0.1, 0.15) is 0 Å². The molecule has 0 radical (unpaired) electrons. The number of benzene rings is 1. The molecule has 1 aromatic rings. The lowest BCUT2D eigenvalue weighted by molar-refractivity contribution is -0.140. The lowest BCUT2D eigenvalue weighted by Crippen LogP contribution is -2.59. The van der Waals surface area contributed by atoms with E-state index >= 15 is 0 Å². The van der Waals surface area contributed by atoms with Gasteiger partial charge in [-0.2, -0.15) is 0 Å².